The molecule has 0 aliphatic carbocycles. The van der Waals surface area contributed by atoms with Gasteiger partial charge in [-0.1, -0.05) is 18.2 Å². The minimum Gasteiger partial charge on any atom is -0.361 e. The Morgan fingerprint density at radius 1 is 1.28 bits per heavy atom. The molecule has 2 heterocycles. The van der Waals surface area contributed by atoms with E-state index in [4.69, 9.17) is 0 Å². The highest BCUT2D eigenvalue weighted by Crippen LogP contribution is 2.28. The fraction of sp³-hybridized carbons (Fsp3) is 0.500. The number of rotatable bonds is 5. The molecule has 0 radical (unpaired) electrons. The molecule has 2 aromatic rings. The van der Waals surface area contributed by atoms with Crippen molar-refractivity contribution in [3.63, 3.8) is 0 Å². The molecule has 1 aromatic heterocycles. The SMILES string of the molecule is Cc1cccc2c(CCNC(=O)C3(S(C)(=O)=O)CCNCC3)c[nH]c12. The van der Waals surface area contributed by atoms with E-state index in [2.05, 4.69) is 34.7 Å². The fourth-order valence-electron chi connectivity index (χ4n) is 3.64. The number of hydrogen-bond acceptors (Lipinski definition) is 4. The third-order valence-electron chi connectivity index (χ3n) is 5.22. The van der Waals surface area contributed by atoms with Crippen LogP contribution in [0.25, 0.3) is 10.9 Å². The van der Waals surface area contributed by atoms with E-state index in [0.29, 0.717) is 38.9 Å². The molecule has 0 bridgehead atoms. The third kappa shape index (κ3) is 3.30. The van der Waals surface area contributed by atoms with Gasteiger partial charge in [-0.25, -0.2) is 8.42 Å². The number of sulfone groups is 1. The van der Waals surface area contributed by atoms with E-state index < -0.39 is 14.6 Å². The zero-order chi connectivity index (χ0) is 18.1. The number of hydrogen-bond donors (Lipinski definition) is 3. The predicted octanol–water partition coefficient (Wildman–Crippen LogP) is 1.30. The van der Waals surface area contributed by atoms with Gasteiger partial charge < -0.3 is 15.6 Å². The van der Waals surface area contributed by atoms with Gasteiger partial charge in [0, 0.05) is 29.9 Å². The van der Waals surface area contributed by atoms with Crippen LogP contribution in [0.5, 0.6) is 0 Å². The van der Waals surface area contributed by atoms with Gasteiger partial charge in [-0.2, -0.15) is 0 Å². The molecule has 7 heteroatoms. The van der Waals surface area contributed by atoms with E-state index in [1.54, 1.807) is 0 Å². The molecule has 1 fully saturated rings. The summed E-state index contributed by atoms with van der Waals surface area (Å²) < 4.78 is 23.2. The second-order valence-electron chi connectivity index (χ2n) is 6.83. The quantitative estimate of drug-likeness (QED) is 0.747. The average molecular weight is 363 g/mol. The Morgan fingerprint density at radius 3 is 2.68 bits per heavy atom. The molecule has 3 N–H and O–H groups in total. The number of aromatic nitrogens is 1. The third-order valence-corrected chi connectivity index (χ3v) is 7.24. The first-order valence-electron chi connectivity index (χ1n) is 8.59. The van der Waals surface area contributed by atoms with Gasteiger partial charge in [0.05, 0.1) is 0 Å². The number of piperidine rings is 1. The Labute approximate surface area is 148 Å². The van der Waals surface area contributed by atoms with Crippen molar-refractivity contribution in [3.05, 3.63) is 35.5 Å². The predicted molar refractivity (Wildman–Crippen MR) is 99.4 cm³/mol. The number of nitrogens with one attached hydrogen (secondary N) is 3. The van der Waals surface area contributed by atoms with Gasteiger partial charge in [0.2, 0.25) is 5.91 Å². The molecule has 1 aliphatic heterocycles. The minimum atomic E-state index is -3.47. The van der Waals surface area contributed by atoms with Crippen molar-refractivity contribution < 1.29 is 13.2 Å². The summed E-state index contributed by atoms with van der Waals surface area (Å²) >= 11 is 0. The maximum Gasteiger partial charge on any atom is 0.241 e. The monoisotopic (exact) mass is 363 g/mol. The number of aryl methyl sites for hydroxylation is 1. The van der Waals surface area contributed by atoms with E-state index in [1.165, 1.54) is 11.8 Å². The van der Waals surface area contributed by atoms with Crippen LogP contribution < -0.4 is 10.6 Å². The first-order valence-corrected chi connectivity index (χ1v) is 10.5. The summed E-state index contributed by atoms with van der Waals surface area (Å²) in [5.41, 5.74) is 3.41. The molecule has 1 amide bonds. The molecule has 0 unspecified atom stereocenters. The zero-order valence-electron chi connectivity index (χ0n) is 14.7. The maximum absolute atomic E-state index is 12.7. The molecule has 1 aliphatic rings. The largest absolute Gasteiger partial charge is 0.361 e. The van der Waals surface area contributed by atoms with Crippen LogP contribution in [-0.4, -0.2) is 49.9 Å². The van der Waals surface area contributed by atoms with Crippen molar-refractivity contribution in [1.29, 1.82) is 0 Å². The van der Waals surface area contributed by atoms with Gasteiger partial charge in [-0.15, -0.1) is 0 Å². The summed E-state index contributed by atoms with van der Waals surface area (Å²) in [6.07, 6.45) is 4.43. The highest BCUT2D eigenvalue weighted by Gasteiger charge is 2.48. The smallest absolute Gasteiger partial charge is 0.241 e. The number of benzene rings is 1. The highest BCUT2D eigenvalue weighted by molar-refractivity contribution is 7.92. The van der Waals surface area contributed by atoms with Crippen LogP contribution in [0.3, 0.4) is 0 Å². The fourth-order valence-corrected chi connectivity index (χ4v) is 4.99. The Bertz CT molecular complexity index is 880. The van der Waals surface area contributed by atoms with Crippen molar-refractivity contribution >= 4 is 26.6 Å². The van der Waals surface area contributed by atoms with Crippen LogP contribution >= 0.6 is 0 Å². The average Bonchev–Trinajstić information content (AvgIpc) is 2.99. The summed E-state index contributed by atoms with van der Waals surface area (Å²) in [5.74, 6) is -0.368. The summed E-state index contributed by atoms with van der Waals surface area (Å²) in [5, 5.41) is 7.13. The summed E-state index contributed by atoms with van der Waals surface area (Å²) in [4.78, 5) is 16.0. The van der Waals surface area contributed by atoms with Crippen molar-refractivity contribution in [2.45, 2.75) is 30.9 Å². The molecular weight excluding hydrogens is 338 g/mol. The Kier molecular flexibility index (Phi) is 4.88. The topological polar surface area (TPSA) is 91.1 Å². The normalized spacial score (nSPS) is 17.5. The first-order chi connectivity index (χ1) is 11.8. The van der Waals surface area contributed by atoms with Crippen molar-refractivity contribution in [3.8, 4) is 0 Å². The molecule has 1 aromatic carbocycles. The minimum absolute atomic E-state index is 0.323. The zero-order valence-corrected chi connectivity index (χ0v) is 15.5. The second kappa shape index (κ2) is 6.80. The maximum atomic E-state index is 12.7. The van der Waals surface area contributed by atoms with Gasteiger partial charge in [0.1, 0.15) is 0 Å². The number of H-pyrrole nitrogens is 1. The lowest BCUT2D eigenvalue weighted by Crippen LogP contribution is -2.57. The molecule has 3 rings (SSSR count). The van der Waals surface area contributed by atoms with Gasteiger partial charge in [0.25, 0.3) is 0 Å². The van der Waals surface area contributed by atoms with E-state index in [-0.39, 0.29) is 5.91 Å². The molecule has 136 valence electrons. The highest BCUT2D eigenvalue weighted by atomic mass is 32.2. The van der Waals surface area contributed by atoms with Crippen molar-refractivity contribution in [2.24, 2.45) is 0 Å². The summed E-state index contributed by atoms with van der Waals surface area (Å²) in [6, 6.07) is 6.12. The van der Waals surface area contributed by atoms with Crippen molar-refractivity contribution in [2.75, 3.05) is 25.9 Å². The molecule has 0 spiro atoms. The number of carbonyl (C=O) groups is 1. The van der Waals surface area contributed by atoms with Crippen LogP contribution in [0.1, 0.15) is 24.0 Å². The Hall–Kier alpha value is -1.86. The molecule has 0 saturated carbocycles. The van der Waals surface area contributed by atoms with E-state index in [1.807, 2.05) is 12.3 Å². The number of para-hydroxylation sites is 1. The van der Waals surface area contributed by atoms with E-state index >= 15 is 0 Å². The van der Waals surface area contributed by atoms with Crippen LogP contribution in [0.2, 0.25) is 0 Å². The van der Waals surface area contributed by atoms with Crippen LogP contribution in [0, 0.1) is 6.92 Å². The number of fused-ring (bicyclic) bond motifs is 1. The molecule has 1 saturated heterocycles. The molecular formula is C18H25N3O3S. The molecule has 25 heavy (non-hydrogen) atoms. The number of amides is 1. The van der Waals surface area contributed by atoms with Gasteiger partial charge in [-0.05, 0) is 50.4 Å². The molecule has 6 nitrogen and oxygen atoms in total. The van der Waals surface area contributed by atoms with E-state index in [0.717, 1.165) is 16.5 Å². The lowest BCUT2D eigenvalue weighted by atomic mass is 9.95. The van der Waals surface area contributed by atoms with Gasteiger partial charge in [0.15, 0.2) is 14.6 Å². The molecule has 0 atom stereocenters. The standard InChI is InChI=1S/C18H25N3O3S/c1-13-4-3-5-15-14(12-21-16(13)15)6-9-20-17(22)18(25(2,23)24)7-10-19-11-8-18/h3-5,12,19,21H,6-11H2,1-2H3,(H,20,22). The lowest BCUT2D eigenvalue weighted by molar-refractivity contribution is -0.124. The second-order valence-corrected chi connectivity index (χ2v) is 9.16. The van der Waals surface area contributed by atoms with Crippen molar-refractivity contribution in [1.82, 2.24) is 15.6 Å². The summed E-state index contributed by atoms with van der Waals surface area (Å²) in [7, 11) is -3.47. The first kappa shape index (κ1) is 17.9. The number of carbonyl (C=O) groups excluding carboxylic acids is 1. The van der Waals surface area contributed by atoms with Crippen LogP contribution in [0.15, 0.2) is 24.4 Å². The number of aromatic amines is 1. The van der Waals surface area contributed by atoms with Gasteiger partial charge >= 0.3 is 0 Å². The van der Waals surface area contributed by atoms with Gasteiger partial charge in [-0.3, -0.25) is 4.79 Å². The van der Waals surface area contributed by atoms with Crippen LogP contribution in [-0.2, 0) is 21.1 Å². The van der Waals surface area contributed by atoms with Crippen LogP contribution in [0.4, 0.5) is 0 Å². The lowest BCUT2D eigenvalue weighted by Gasteiger charge is -2.34. The Morgan fingerprint density at radius 2 is 2.00 bits per heavy atom. The summed E-state index contributed by atoms with van der Waals surface area (Å²) in [6.45, 7) is 3.56. The van der Waals surface area contributed by atoms with E-state index in [9.17, 15) is 13.2 Å². The Balaban J connectivity index is 1.70.